The molecule has 1 aromatic carbocycles. The Bertz CT molecular complexity index is 453. The van der Waals surface area contributed by atoms with Gasteiger partial charge in [0.05, 0.1) is 6.10 Å². The Morgan fingerprint density at radius 1 is 1.47 bits per heavy atom. The highest BCUT2D eigenvalue weighted by molar-refractivity contribution is 5.92. The average molecular weight is 262 g/mol. The maximum absolute atomic E-state index is 12.0. The van der Waals surface area contributed by atoms with E-state index in [1.54, 1.807) is 6.07 Å². The van der Waals surface area contributed by atoms with Crippen LogP contribution < -0.4 is 11.1 Å². The molecule has 1 aliphatic carbocycles. The fourth-order valence-corrected chi connectivity index (χ4v) is 2.45. The van der Waals surface area contributed by atoms with E-state index in [1.807, 2.05) is 26.0 Å². The average Bonchev–Trinajstić information content (AvgIpc) is 2.31. The van der Waals surface area contributed by atoms with Crippen molar-refractivity contribution in [1.82, 2.24) is 0 Å². The van der Waals surface area contributed by atoms with Crippen molar-refractivity contribution in [3.63, 3.8) is 0 Å². The summed E-state index contributed by atoms with van der Waals surface area (Å²) in [7, 11) is 0. The molecule has 0 unspecified atom stereocenters. The first kappa shape index (κ1) is 13.9. The molecule has 0 radical (unpaired) electrons. The summed E-state index contributed by atoms with van der Waals surface area (Å²) < 4.78 is 5.49. The van der Waals surface area contributed by atoms with Crippen LogP contribution >= 0.6 is 0 Å². The topological polar surface area (TPSA) is 64.3 Å². The zero-order valence-corrected chi connectivity index (χ0v) is 11.6. The van der Waals surface area contributed by atoms with Gasteiger partial charge in [-0.25, -0.2) is 0 Å². The summed E-state index contributed by atoms with van der Waals surface area (Å²) >= 11 is 0. The Balaban J connectivity index is 1.80. The maximum atomic E-state index is 12.0. The highest BCUT2D eigenvalue weighted by Gasteiger charge is 2.31. The molecule has 0 saturated heterocycles. The van der Waals surface area contributed by atoms with E-state index in [9.17, 15) is 4.79 Å². The smallest absolute Gasteiger partial charge is 0.224 e. The second-order valence-electron chi connectivity index (χ2n) is 5.24. The van der Waals surface area contributed by atoms with Gasteiger partial charge in [-0.2, -0.15) is 0 Å². The molecule has 0 heterocycles. The number of hydrogen-bond acceptors (Lipinski definition) is 3. The van der Waals surface area contributed by atoms with E-state index in [1.165, 1.54) is 0 Å². The minimum atomic E-state index is 0.0636. The molecule has 1 saturated carbocycles. The molecule has 0 spiro atoms. The summed E-state index contributed by atoms with van der Waals surface area (Å²) in [5.74, 6) is 0.520. The zero-order valence-electron chi connectivity index (χ0n) is 11.6. The number of nitrogens with one attached hydrogen (secondary N) is 1. The number of carbonyl (C=O) groups is 1. The second-order valence-corrected chi connectivity index (χ2v) is 5.24. The molecule has 0 aliphatic heterocycles. The van der Waals surface area contributed by atoms with Gasteiger partial charge in [0.2, 0.25) is 5.91 Å². The summed E-state index contributed by atoms with van der Waals surface area (Å²) in [5.41, 5.74) is 8.23. The first-order valence-corrected chi connectivity index (χ1v) is 6.86. The normalized spacial score (nSPS) is 21.8. The monoisotopic (exact) mass is 262 g/mol. The lowest BCUT2D eigenvalue weighted by Gasteiger charge is -2.34. The molecule has 0 atom stereocenters. The summed E-state index contributed by atoms with van der Waals surface area (Å²) in [6.45, 7) is 4.72. The predicted octanol–water partition coefficient (Wildman–Crippen LogP) is 2.72. The lowest BCUT2D eigenvalue weighted by Crippen LogP contribution is -2.33. The Labute approximate surface area is 114 Å². The number of hydrogen-bond donors (Lipinski definition) is 2. The van der Waals surface area contributed by atoms with Gasteiger partial charge in [-0.15, -0.1) is 0 Å². The zero-order chi connectivity index (χ0) is 13.8. The van der Waals surface area contributed by atoms with Gasteiger partial charge in [-0.05, 0) is 50.3 Å². The number of amides is 1. The number of nitrogens with two attached hydrogens (primary N) is 1. The van der Waals surface area contributed by atoms with Crippen molar-refractivity contribution < 1.29 is 9.53 Å². The van der Waals surface area contributed by atoms with Crippen LogP contribution in [0.5, 0.6) is 0 Å². The van der Waals surface area contributed by atoms with Crippen LogP contribution in [0.15, 0.2) is 18.2 Å². The van der Waals surface area contributed by atoms with Crippen LogP contribution in [0.2, 0.25) is 0 Å². The molecule has 19 heavy (non-hydrogen) atoms. The van der Waals surface area contributed by atoms with Crippen molar-refractivity contribution >= 4 is 17.3 Å². The lowest BCUT2D eigenvalue weighted by atomic mass is 9.80. The lowest BCUT2D eigenvalue weighted by molar-refractivity contribution is -0.119. The predicted molar refractivity (Wildman–Crippen MR) is 77.0 cm³/mol. The minimum Gasteiger partial charge on any atom is -0.399 e. The van der Waals surface area contributed by atoms with Crippen molar-refractivity contribution in [2.24, 2.45) is 5.92 Å². The van der Waals surface area contributed by atoms with Gasteiger partial charge in [-0.3, -0.25) is 4.79 Å². The summed E-state index contributed by atoms with van der Waals surface area (Å²) in [5, 5.41) is 2.94. The van der Waals surface area contributed by atoms with E-state index in [0.29, 0.717) is 24.1 Å². The van der Waals surface area contributed by atoms with E-state index >= 15 is 0 Å². The molecule has 1 aromatic rings. The molecule has 1 aliphatic rings. The number of carbonyl (C=O) groups excluding carboxylic acids is 1. The molecule has 2 rings (SSSR count). The highest BCUT2D eigenvalue weighted by Crippen LogP contribution is 2.33. The number of aryl methyl sites for hydroxylation is 1. The Kier molecular flexibility index (Phi) is 4.43. The van der Waals surface area contributed by atoms with Crippen molar-refractivity contribution in [3.05, 3.63) is 23.8 Å². The molecule has 1 amide bonds. The molecule has 4 nitrogen and oxygen atoms in total. The number of benzene rings is 1. The van der Waals surface area contributed by atoms with Crippen LogP contribution in [-0.4, -0.2) is 18.6 Å². The van der Waals surface area contributed by atoms with Gasteiger partial charge in [0.25, 0.3) is 0 Å². The van der Waals surface area contributed by atoms with Crippen LogP contribution in [-0.2, 0) is 9.53 Å². The van der Waals surface area contributed by atoms with E-state index in [4.69, 9.17) is 10.5 Å². The van der Waals surface area contributed by atoms with Gasteiger partial charge < -0.3 is 15.8 Å². The first-order chi connectivity index (χ1) is 9.08. The highest BCUT2D eigenvalue weighted by atomic mass is 16.5. The summed E-state index contributed by atoms with van der Waals surface area (Å²) in [6.07, 6.45) is 2.92. The first-order valence-electron chi connectivity index (χ1n) is 6.86. The van der Waals surface area contributed by atoms with Crippen LogP contribution in [0.4, 0.5) is 11.4 Å². The molecule has 0 bridgehead atoms. The summed E-state index contributed by atoms with van der Waals surface area (Å²) in [6, 6.07) is 5.56. The number of ether oxygens (including phenoxy) is 1. The van der Waals surface area contributed by atoms with Crippen molar-refractivity contribution in [1.29, 1.82) is 0 Å². The summed E-state index contributed by atoms with van der Waals surface area (Å²) in [4.78, 5) is 12.0. The Morgan fingerprint density at radius 3 is 2.89 bits per heavy atom. The fraction of sp³-hybridized carbons (Fsp3) is 0.533. The van der Waals surface area contributed by atoms with Crippen molar-refractivity contribution in [2.45, 2.75) is 39.2 Å². The van der Waals surface area contributed by atoms with Crippen LogP contribution in [0.25, 0.3) is 0 Å². The molecular formula is C15H22N2O2. The van der Waals surface area contributed by atoms with Gasteiger partial charge in [0, 0.05) is 24.4 Å². The molecule has 1 fully saturated rings. The van der Waals surface area contributed by atoms with E-state index < -0.39 is 0 Å². The van der Waals surface area contributed by atoms with Gasteiger partial charge >= 0.3 is 0 Å². The van der Waals surface area contributed by atoms with Crippen LogP contribution in [0, 0.1) is 12.8 Å². The molecule has 104 valence electrons. The third kappa shape index (κ3) is 3.70. The number of nitrogen functional groups attached to an aromatic ring is 1. The maximum Gasteiger partial charge on any atom is 0.224 e. The van der Waals surface area contributed by atoms with Crippen LogP contribution in [0.3, 0.4) is 0 Å². The van der Waals surface area contributed by atoms with Crippen LogP contribution in [0.1, 0.15) is 31.7 Å². The number of rotatable bonds is 5. The minimum absolute atomic E-state index is 0.0636. The Morgan fingerprint density at radius 2 is 2.21 bits per heavy atom. The third-order valence-electron chi connectivity index (χ3n) is 3.60. The van der Waals surface area contributed by atoms with E-state index in [2.05, 4.69) is 5.32 Å². The SMILES string of the molecule is CCOC1CC(CC(=O)Nc2cc(N)ccc2C)C1. The molecule has 0 aromatic heterocycles. The van der Waals surface area contributed by atoms with E-state index in [-0.39, 0.29) is 5.91 Å². The molecule has 4 heteroatoms. The van der Waals surface area contributed by atoms with Gasteiger partial charge in [0.1, 0.15) is 0 Å². The third-order valence-corrected chi connectivity index (χ3v) is 3.60. The fourth-order valence-electron chi connectivity index (χ4n) is 2.45. The standard InChI is InChI=1S/C15H22N2O2/c1-3-19-13-6-11(7-13)8-15(18)17-14-9-12(16)5-4-10(14)2/h4-5,9,11,13H,3,6-8,16H2,1-2H3,(H,17,18). The Hall–Kier alpha value is -1.55. The molecule has 3 N–H and O–H groups in total. The van der Waals surface area contributed by atoms with Crippen molar-refractivity contribution in [2.75, 3.05) is 17.7 Å². The molecular weight excluding hydrogens is 240 g/mol. The van der Waals surface area contributed by atoms with Crippen molar-refractivity contribution in [3.8, 4) is 0 Å². The number of anilines is 2. The largest absolute Gasteiger partial charge is 0.399 e. The van der Waals surface area contributed by atoms with Gasteiger partial charge in [0.15, 0.2) is 0 Å². The quantitative estimate of drug-likeness (QED) is 0.802. The van der Waals surface area contributed by atoms with Gasteiger partial charge in [-0.1, -0.05) is 6.07 Å². The van der Waals surface area contributed by atoms with E-state index in [0.717, 1.165) is 30.7 Å². The second kappa shape index (κ2) is 6.06.